The van der Waals surface area contributed by atoms with Gasteiger partial charge in [-0.25, -0.2) is 0 Å². The maximum atomic E-state index is 5.23. The summed E-state index contributed by atoms with van der Waals surface area (Å²) in [6.07, 6.45) is 0. The van der Waals surface area contributed by atoms with Gasteiger partial charge >= 0.3 is 0 Å². The third-order valence-electron chi connectivity index (χ3n) is 0.955. The first-order valence-electron chi connectivity index (χ1n) is 4.02. The van der Waals surface area contributed by atoms with Gasteiger partial charge in [-0.2, -0.15) is 0 Å². The molecule has 94 valence electrons. The van der Waals surface area contributed by atoms with Gasteiger partial charge in [-0.3, -0.25) is 0 Å². The summed E-state index contributed by atoms with van der Waals surface area (Å²) < 4.78 is 1.57. The van der Waals surface area contributed by atoms with Crippen LogP contribution in [0.4, 0.5) is 0 Å². The standard InChI is InChI=1S/C4H8N2S4.C3H7NS2/c5-3(7)9-1-2-10-4(6)8;1-4(2)3(5)6/h1-2H2,(H2,5,7)(H2,6,8);1-2H3,(H,5,6). The second-order valence-electron chi connectivity index (χ2n) is 2.51. The van der Waals surface area contributed by atoms with Crippen LogP contribution in [0.5, 0.6) is 0 Å². The molecule has 0 aliphatic carbocycles. The lowest BCUT2D eigenvalue weighted by Gasteiger charge is -2.05. The maximum absolute atomic E-state index is 5.23. The molecule has 3 nitrogen and oxygen atoms in total. The zero-order valence-corrected chi connectivity index (χ0v) is 14.0. The molecular formula is C7H15N3S6. The van der Waals surface area contributed by atoms with E-state index in [1.807, 2.05) is 14.1 Å². The Kier molecular flexibility index (Phi) is 14.5. The van der Waals surface area contributed by atoms with E-state index in [-0.39, 0.29) is 0 Å². The molecule has 0 aromatic carbocycles. The first kappa shape index (κ1) is 19.1. The highest BCUT2D eigenvalue weighted by Gasteiger charge is 1.92. The fourth-order valence-corrected chi connectivity index (χ4v) is 1.85. The third-order valence-corrected chi connectivity index (χ3v) is 4.07. The monoisotopic (exact) mass is 333 g/mol. The Morgan fingerprint density at radius 1 is 1.06 bits per heavy atom. The van der Waals surface area contributed by atoms with Crippen molar-refractivity contribution in [1.29, 1.82) is 0 Å². The lowest BCUT2D eigenvalue weighted by atomic mass is 11.0. The van der Waals surface area contributed by atoms with Crippen molar-refractivity contribution in [3.8, 4) is 0 Å². The summed E-state index contributed by atoms with van der Waals surface area (Å²) in [5, 5.41) is 0. The third kappa shape index (κ3) is 20.2. The van der Waals surface area contributed by atoms with Crippen molar-refractivity contribution in [1.82, 2.24) is 4.90 Å². The second kappa shape index (κ2) is 12.2. The molecule has 0 amide bonds. The van der Waals surface area contributed by atoms with Crippen LogP contribution in [0.1, 0.15) is 0 Å². The van der Waals surface area contributed by atoms with Crippen LogP contribution >= 0.6 is 72.8 Å². The van der Waals surface area contributed by atoms with E-state index in [1.54, 1.807) is 4.90 Å². The summed E-state index contributed by atoms with van der Waals surface area (Å²) in [5.74, 6) is 1.74. The topological polar surface area (TPSA) is 55.3 Å². The summed E-state index contributed by atoms with van der Waals surface area (Å²) in [6.45, 7) is 0. The average Bonchev–Trinajstić information content (AvgIpc) is 2.12. The molecular weight excluding hydrogens is 319 g/mol. The van der Waals surface area contributed by atoms with E-state index < -0.39 is 0 Å². The number of hydrogen-bond acceptors (Lipinski definition) is 5. The van der Waals surface area contributed by atoms with Crippen LogP contribution in [0.3, 0.4) is 0 Å². The lowest BCUT2D eigenvalue weighted by Crippen LogP contribution is -2.12. The van der Waals surface area contributed by atoms with Gasteiger partial charge in [0.25, 0.3) is 0 Å². The molecule has 0 radical (unpaired) electrons. The molecule has 9 heteroatoms. The van der Waals surface area contributed by atoms with Crippen molar-refractivity contribution in [2.75, 3.05) is 25.6 Å². The van der Waals surface area contributed by atoms with Crippen LogP contribution in [0.15, 0.2) is 0 Å². The Morgan fingerprint density at radius 3 is 1.44 bits per heavy atom. The zero-order chi connectivity index (χ0) is 13.1. The highest BCUT2D eigenvalue weighted by molar-refractivity contribution is 8.25. The molecule has 0 bridgehead atoms. The van der Waals surface area contributed by atoms with Crippen molar-refractivity contribution < 1.29 is 0 Å². The Balaban J connectivity index is 0. The molecule has 0 spiro atoms. The van der Waals surface area contributed by atoms with E-state index in [0.29, 0.717) is 13.0 Å². The van der Waals surface area contributed by atoms with Gasteiger partial charge in [0.1, 0.15) is 13.0 Å². The molecule has 0 atom stereocenters. The minimum absolute atomic E-state index is 0.475. The smallest absolute Gasteiger partial charge is 0.132 e. The molecule has 0 aromatic rings. The average molecular weight is 334 g/mol. The van der Waals surface area contributed by atoms with E-state index in [9.17, 15) is 0 Å². The van der Waals surface area contributed by atoms with Crippen LogP contribution in [0, 0.1) is 0 Å². The fourth-order valence-electron chi connectivity index (χ4n) is 0.285. The van der Waals surface area contributed by atoms with Gasteiger partial charge in [0.05, 0.1) is 0 Å². The lowest BCUT2D eigenvalue weighted by molar-refractivity contribution is 0.648. The predicted molar refractivity (Wildman–Crippen MR) is 93.8 cm³/mol. The highest BCUT2D eigenvalue weighted by Crippen LogP contribution is 2.06. The molecule has 0 fully saturated rings. The van der Waals surface area contributed by atoms with Crippen molar-refractivity contribution >= 4 is 85.8 Å². The maximum Gasteiger partial charge on any atom is 0.132 e. The fraction of sp³-hybridized carbons (Fsp3) is 0.571. The van der Waals surface area contributed by atoms with Gasteiger partial charge in [0.15, 0.2) is 0 Å². The minimum Gasteiger partial charge on any atom is -0.385 e. The second-order valence-corrected chi connectivity index (χ2v) is 7.29. The molecule has 0 aromatic heterocycles. The van der Waals surface area contributed by atoms with E-state index >= 15 is 0 Å². The normalized spacial score (nSPS) is 8.69. The quantitative estimate of drug-likeness (QED) is 0.410. The molecule has 16 heavy (non-hydrogen) atoms. The minimum atomic E-state index is 0.475. The first-order chi connectivity index (χ1) is 7.27. The van der Waals surface area contributed by atoms with Crippen molar-refractivity contribution in [3.05, 3.63) is 0 Å². The van der Waals surface area contributed by atoms with Gasteiger partial charge in [-0.1, -0.05) is 60.2 Å². The summed E-state index contributed by atoms with van der Waals surface area (Å²) in [5.41, 5.74) is 10.5. The molecule has 0 aliphatic heterocycles. The van der Waals surface area contributed by atoms with Crippen molar-refractivity contribution in [2.24, 2.45) is 11.5 Å². The first-order valence-corrected chi connectivity index (χ1v) is 7.66. The number of nitrogens with two attached hydrogens (primary N) is 2. The van der Waals surface area contributed by atoms with Crippen LogP contribution in [0.2, 0.25) is 0 Å². The van der Waals surface area contributed by atoms with Gasteiger partial charge in [-0.05, 0) is 0 Å². The largest absolute Gasteiger partial charge is 0.385 e. The number of rotatable bonds is 3. The van der Waals surface area contributed by atoms with E-state index in [4.69, 9.17) is 11.5 Å². The number of nitrogens with zero attached hydrogens (tertiary/aromatic N) is 1. The zero-order valence-electron chi connectivity index (χ0n) is 9.00. The van der Waals surface area contributed by atoms with Gasteiger partial charge in [-0.15, -0.1) is 12.6 Å². The van der Waals surface area contributed by atoms with Crippen LogP contribution in [0.25, 0.3) is 0 Å². The summed E-state index contributed by atoms with van der Waals surface area (Å²) in [6, 6.07) is 0. The molecule has 4 N–H and O–H groups in total. The van der Waals surface area contributed by atoms with Gasteiger partial charge in [0, 0.05) is 25.6 Å². The SMILES string of the molecule is CN(C)C(=S)S.NC(=S)SCCSC(N)=S. The van der Waals surface area contributed by atoms with Crippen LogP contribution in [-0.2, 0) is 0 Å². The Hall–Kier alpha value is 0.720. The van der Waals surface area contributed by atoms with E-state index in [2.05, 4.69) is 49.3 Å². The summed E-state index contributed by atoms with van der Waals surface area (Å²) >= 11 is 20.6. The van der Waals surface area contributed by atoms with Crippen molar-refractivity contribution in [2.45, 2.75) is 0 Å². The van der Waals surface area contributed by atoms with E-state index in [0.717, 1.165) is 11.5 Å². The molecule has 0 saturated carbocycles. The van der Waals surface area contributed by atoms with Gasteiger partial charge in [0.2, 0.25) is 0 Å². The number of thiocarbonyl (C=S) groups is 3. The highest BCUT2D eigenvalue weighted by atomic mass is 32.2. The predicted octanol–water partition coefficient (Wildman–Crippen LogP) is 1.70. The number of thioether (sulfide) groups is 2. The number of thiol groups is 1. The molecule has 0 rings (SSSR count). The molecule has 0 unspecified atom stereocenters. The Labute approximate surface area is 127 Å². The van der Waals surface area contributed by atoms with Crippen LogP contribution in [-0.4, -0.2) is 43.5 Å². The summed E-state index contributed by atoms with van der Waals surface area (Å²) in [7, 11) is 3.71. The van der Waals surface area contributed by atoms with Crippen molar-refractivity contribution in [3.63, 3.8) is 0 Å². The molecule has 0 aliphatic rings. The Bertz CT molecular complexity index is 226. The molecule has 0 saturated heterocycles. The number of hydrogen-bond donors (Lipinski definition) is 3. The van der Waals surface area contributed by atoms with E-state index in [1.165, 1.54) is 23.5 Å². The van der Waals surface area contributed by atoms with Gasteiger partial charge < -0.3 is 16.4 Å². The van der Waals surface area contributed by atoms with Crippen LogP contribution < -0.4 is 11.5 Å². The summed E-state index contributed by atoms with van der Waals surface area (Å²) in [4.78, 5) is 1.76. The molecule has 0 heterocycles. The Morgan fingerprint density at radius 2 is 1.31 bits per heavy atom.